The summed E-state index contributed by atoms with van der Waals surface area (Å²) in [6.45, 7) is 0. The zero-order valence-electron chi connectivity index (χ0n) is 18.8. The van der Waals surface area contributed by atoms with E-state index in [-0.39, 0.29) is 40.0 Å². The number of fused-ring (bicyclic) bond motifs is 3. The number of ether oxygens (including phenoxy) is 2. The SMILES string of the molecule is COC(=O)c1c(-c2ccc(O)cc2O)c(-c2cccc(O)c2)c2c3cc(OC)c(O)cc3ccn12. The van der Waals surface area contributed by atoms with Crippen LogP contribution in [0.15, 0.2) is 66.9 Å². The maximum absolute atomic E-state index is 13.1. The lowest BCUT2D eigenvalue weighted by atomic mass is 9.93. The monoisotopic (exact) mass is 471 g/mol. The third-order valence-corrected chi connectivity index (χ3v) is 5.98. The van der Waals surface area contributed by atoms with Crippen LogP contribution in [0.5, 0.6) is 28.7 Å². The molecule has 0 bridgehead atoms. The second kappa shape index (κ2) is 8.18. The number of pyridine rings is 1. The first kappa shape index (κ1) is 22.0. The minimum Gasteiger partial charge on any atom is -0.508 e. The van der Waals surface area contributed by atoms with E-state index in [1.807, 2.05) is 0 Å². The Kier molecular flexibility index (Phi) is 5.13. The summed E-state index contributed by atoms with van der Waals surface area (Å²) in [5, 5.41) is 42.6. The fourth-order valence-corrected chi connectivity index (χ4v) is 4.48. The van der Waals surface area contributed by atoms with Crippen molar-refractivity contribution >= 4 is 22.3 Å². The molecular formula is C27H21NO7. The molecule has 2 heterocycles. The number of phenolic OH excluding ortho intramolecular Hbond substituents is 4. The predicted molar refractivity (Wildman–Crippen MR) is 130 cm³/mol. The molecule has 0 saturated heterocycles. The maximum Gasteiger partial charge on any atom is 0.355 e. The molecule has 8 heteroatoms. The van der Waals surface area contributed by atoms with Gasteiger partial charge in [0.15, 0.2) is 11.5 Å². The lowest BCUT2D eigenvalue weighted by Crippen LogP contribution is -2.07. The molecule has 3 aromatic carbocycles. The molecule has 0 spiro atoms. The Morgan fingerprint density at radius 3 is 2.29 bits per heavy atom. The Labute approximate surface area is 199 Å². The van der Waals surface area contributed by atoms with Crippen molar-refractivity contribution in [2.45, 2.75) is 0 Å². The first-order valence-corrected chi connectivity index (χ1v) is 10.6. The highest BCUT2D eigenvalue weighted by atomic mass is 16.5. The number of hydrogen-bond acceptors (Lipinski definition) is 7. The predicted octanol–water partition coefficient (Wildman–Crippen LogP) is 5.04. The first-order chi connectivity index (χ1) is 16.8. The van der Waals surface area contributed by atoms with Gasteiger partial charge in [-0.2, -0.15) is 0 Å². The number of nitrogens with zero attached hydrogens (tertiary/aromatic N) is 1. The highest BCUT2D eigenvalue weighted by Crippen LogP contribution is 2.47. The van der Waals surface area contributed by atoms with Crippen LogP contribution in [0.1, 0.15) is 10.5 Å². The molecule has 35 heavy (non-hydrogen) atoms. The number of carbonyl (C=O) groups is 1. The van der Waals surface area contributed by atoms with Crippen molar-refractivity contribution in [3.05, 3.63) is 72.6 Å². The zero-order valence-corrected chi connectivity index (χ0v) is 18.8. The quantitative estimate of drug-likeness (QED) is 0.271. The molecule has 0 aliphatic rings. The summed E-state index contributed by atoms with van der Waals surface area (Å²) in [4.78, 5) is 13.1. The van der Waals surface area contributed by atoms with E-state index in [1.165, 1.54) is 38.5 Å². The smallest absolute Gasteiger partial charge is 0.355 e. The molecule has 0 fully saturated rings. The summed E-state index contributed by atoms with van der Waals surface area (Å²) < 4.78 is 12.1. The molecule has 5 aromatic rings. The molecule has 176 valence electrons. The number of esters is 1. The van der Waals surface area contributed by atoms with Crippen LogP contribution in [0, 0.1) is 0 Å². The van der Waals surface area contributed by atoms with E-state index in [4.69, 9.17) is 9.47 Å². The van der Waals surface area contributed by atoms with Crippen LogP contribution in [0.4, 0.5) is 0 Å². The van der Waals surface area contributed by atoms with Gasteiger partial charge in [0.25, 0.3) is 0 Å². The molecule has 0 aliphatic carbocycles. The Bertz CT molecular complexity index is 1630. The van der Waals surface area contributed by atoms with E-state index in [2.05, 4.69) is 0 Å². The van der Waals surface area contributed by atoms with Crippen LogP contribution >= 0.6 is 0 Å². The van der Waals surface area contributed by atoms with Crippen LogP contribution in [-0.2, 0) is 4.74 Å². The summed E-state index contributed by atoms with van der Waals surface area (Å²) in [6, 6.07) is 15.6. The number of carbonyl (C=O) groups excluding carboxylic acids is 1. The van der Waals surface area contributed by atoms with Crippen LogP contribution in [0.3, 0.4) is 0 Å². The van der Waals surface area contributed by atoms with Crippen molar-refractivity contribution in [3.8, 4) is 51.0 Å². The number of aromatic nitrogens is 1. The van der Waals surface area contributed by atoms with Gasteiger partial charge in [-0.05, 0) is 53.4 Å². The van der Waals surface area contributed by atoms with Gasteiger partial charge in [0.2, 0.25) is 0 Å². The highest BCUT2D eigenvalue weighted by Gasteiger charge is 2.29. The molecule has 4 N–H and O–H groups in total. The average Bonchev–Trinajstić information content (AvgIpc) is 3.18. The number of hydrogen-bond donors (Lipinski definition) is 4. The molecule has 5 rings (SSSR count). The summed E-state index contributed by atoms with van der Waals surface area (Å²) in [5.74, 6) is -0.829. The van der Waals surface area contributed by atoms with E-state index in [0.29, 0.717) is 33.0 Å². The van der Waals surface area contributed by atoms with Gasteiger partial charge >= 0.3 is 5.97 Å². The molecular weight excluding hydrogens is 450 g/mol. The second-order valence-electron chi connectivity index (χ2n) is 7.99. The molecule has 8 nitrogen and oxygen atoms in total. The van der Waals surface area contributed by atoms with Crippen molar-refractivity contribution < 1.29 is 34.7 Å². The van der Waals surface area contributed by atoms with E-state index < -0.39 is 5.97 Å². The van der Waals surface area contributed by atoms with Gasteiger partial charge in [-0.3, -0.25) is 0 Å². The lowest BCUT2D eigenvalue weighted by Gasteiger charge is -2.11. The molecule has 0 saturated carbocycles. The third kappa shape index (κ3) is 3.43. The van der Waals surface area contributed by atoms with Crippen LogP contribution < -0.4 is 4.74 Å². The lowest BCUT2D eigenvalue weighted by molar-refractivity contribution is 0.0594. The van der Waals surface area contributed by atoms with Gasteiger partial charge < -0.3 is 34.3 Å². The largest absolute Gasteiger partial charge is 0.508 e. The Hall–Kier alpha value is -4.85. The minimum absolute atomic E-state index is 0.0119. The standard InChI is InChI=1S/C27H21NO7/c1-34-22-13-19-14(11-21(22)32)8-9-28-25(19)23(15-4-3-5-16(29)10-15)24(26(28)27(33)35-2)18-7-6-17(30)12-20(18)31/h3-13,29-32H,1-2H3. The second-order valence-corrected chi connectivity index (χ2v) is 7.99. The average molecular weight is 471 g/mol. The molecule has 0 unspecified atom stereocenters. The fraction of sp³-hybridized carbons (Fsp3) is 0.0741. The van der Waals surface area contributed by atoms with Crippen LogP contribution in [-0.4, -0.2) is 45.0 Å². The first-order valence-electron chi connectivity index (χ1n) is 10.6. The van der Waals surface area contributed by atoms with Crippen LogP contribution in [0.25, 0.3) is 38.5 Å². The van der Waals surface area contributed by atoms with E-state index in [9.17, 15) is 25.2 Å². The van der Waals surface area contributed by atoms with Gasteiger partial charge in [0.1, 0.15) is 22.9 Å². The summed E-state index contributed by atoms with van der Waals surface area (Å²) in [6.07, 6.45) is 1.67. The topological polar surface area (TPSA) is 121 Å². The Morgan fingerprint density at radius 1 is 0.829 bits per heavy atom. The van der Waals surface area contributed by atoms with Crippen molar-refractivity contribution in [1.82, 2.24) is 4.40 Å². The molecule has 0 atom stereocenters. The highest BCUT2D eigenvalue weighted by molar-refractivity contribution is 6.15. The Balaban J connectivity index is 2.07. The molecule has 0 amide bonds. The summed E-state index contributed by atoms with van der Waals surface area (Å²) in [7, 11) is 2.70. The van der Waals surface area contributed by atoms with Crippen molar-refractivity contribution in [2.24, 2.45) is 0 Å². The molecule has 2 aromatic heterocycles. The van der Waals surface area contributed by atoms with Gasteiger partial charge in [-0.15, -0.1) is 0 Å². The normalized spacial score (nSPS) is 11.1. The van der Waals surface area contributed by atoms with Gasteiger partial charge in [0, 0.05) is 34.3 Å². The van der Waals surface area contributed by atoms with Crippen molar-refractivity contribution in [2.75, 3.05) is 14.2 Å². The number of methoxy groups -OCH3 is 2. The van der Waals surface area contributed by atoms with E-state index in [0.717, 1.165) is 0 Å². The van der Waals surface area contributed by atoms with Crippen LogP contribution in [0.2, 0.25) is 0 Å². The fourth-order valence-electron chi connectivity index (χ4n) is 4.48. The number of benzene rings is 3. The third-order valence-electron chi connectivity index (χ3n) is 5.98. The van der Waals surface area contributed by atoms with Gasteiger partial charge in [0.05, 0.1) is 19.7 Å². The van der Waals surface area contributed by atoms with E-state index in [1.54, 1.807) is 47.0 Å². The maximum atomic E-state index is 13.1. The number of phenols is 4. The Morgan fingerprint density at radius 2 is 1.60 bits per heavy atom. The number of aromatic hydroxyl groups is 4. The summed E-state index contributed by atoms with van der Waals surface area (Å²) in [5.41, 5.74) is 2.42. The number of rotatable bonds is 4. The van der Waals surface area contributed by atoms with Gasteiger partial charge in [-0.1, -0.05) is 12.1 Å². The van der Waals surface area contributed by atoms with Gasteiger partial charge in [-0.25, -0.2) is 4.79 Å². The van der Waals surface area contributed by atoms with E-state index >= 15 is 0 Å². The molecule has 0 aliphatic heterocycles. The minimum atomic E-state index is -0.654. The van der Waals surface area contributed by atoms with Crippen molar-refractivity contribution in [3.63, 3.8) is 0 Å². The van der Waals surface area contributed by atoms with Crippen molar-refractivity contribution in [1.29, 1.82) is 0 Å². The summed E-state index contributed by atoms with van der Waals surface area (Å²) >= 11 is 0. The molecule has 0 radical (unpaired) electrons. The zero-order chi connectivity index (χ0) is 24.9.